The summed E-state index contributed by atoms with van der Waals surface area (Å²) in [6.07, 6.45) is -4.64. The van der Waals surface area contributed by atoms with E-state index in [1.807, 2.05) is 0 Å². The molecule has 2 unspecified atom stereocenters. The third kappa shape index (κ3) is 4.79. The van der Waals surface area contributed by atoms with Crippen molar-refractivity contribution in [1.29, 1.82) is 0 Å². The molecule has 0 radical (unpaired) electrons. The summed E-state index contributed by atoms with van der Waals surface area (Å²) in [6.45, 7) is 2.68. The summed E-state index contributed by atoms with van der Waals surface area (Å²) in [5, 5.41) is 23.7. The van der Waals surface area contributed by atoms with Gasteiger partial charge < -0.3 is 10.4 Å². The van der Waals surface area contributed by atoms with Crippen LogP contribution in [-0.4, -0.2) is 70.7 Å². The Hall–Kier alpha value is -2.59. The van der Waals surface area contributed by atoms with Crippen LogP contribution in [0.5, 0.6) is 0 Å². The van der Waals surface area contributed by atoms with Crippen LogP contribution in [0.2, 0.25) is 0 Å². The molecule has 0 aromatic carbocycles. The van der Waals surface area contributed by atoms with Gasteiger partial charge in [-0.3, -0.25) is 19.2 Å². The van der Waals surface area contributed by atoms with E-state index >= 15 is 0 Å². The molecule has 10 nitrogen and oxygen atoms in total. The van der Waals surface area contributed by atoms with Crippen molar-refractivity contribution in [3.8, 4) is 0 Å². The smallest absolute Gasteiger partial charge is 0.435 e. The fraction of sp³-hybridized carbons (Fsp3) is 0.444. The SMILES string of the molecule is Cc1nnc(SCC2=C(C(=O)O)N3C(=O)C(NC(=O)Cn4nc(C(F)(F)F)cc4C)C3SC2)s1. The lowest BCUT2D eigenvalue weighted by Gasteiger charge is -2.49. The van der Waals surface area contributed by atoms with E-state index in [0.717, 1.165) is 20.7 Å². The third-order valence-corrected chi connectivity index (χ3v) is 8.41. The number of fused-ring (bicyclic) bond motifs is 1. The van der Waals surface area contributed by atoms with E-state index in [-0.39, 0.29) is 11.4 Å². The first-order valence-electron chi connectivity index (χ1n) is 9.69. The van der Waals surface area contributed by atoms with Gasteiger partial charge in [0.2, 0.25) is 5.91 Å². The minimum Gasteiger partial charge on any atom is -0.477 e. The van der Waals surface area contributed by atoms with E-state index in [2.05, 4.69) is 20.6 Å². The van der Waals surface area contributed by atoms with Crippen LogP contribution < -0.4 is 5.32 Å². The maximum absolute atomic E-state index is 12.8. The zero-order valence-electron chi connectivity index (χ0n) is 17.6. The number of halogens is 3. The number of rotatable bonds is 7. The molecule has 16 heteroatoms. The first-order chi connectivity index (χ1) is 16.0. The van der Waals surface area contributed by atoms with E-state index in [1.54, 1.807) is 6.92 Å². The molecule has 2 aromatic rings. The summed E-state index contributed by atoms with van der Waals surface area (Å²) in [5.74, 6) is -1.89. The molecule has 0 saturated carbocycles. The summed E-state index contributed by atoms with van der Waals surface area (Å²) in [5.41, 5.74) is -0.542. The van der Waals surface area contributed by atoms with E-state index in [1.165, 1.54) is 41.8 Å². The summed E-state index contributed by atoms with van der Waals surface area (Å²) >= 11 is 4.01. The molecular formula is C18H17F3N6O4S3. The Balaban J connectivity index is 1.42. The molecule has 2 atom stereocenters. The number of hydrogen-bond acceptors (Lipinski definition) is 9. The lowest BCUT2D eigenvalue weighted by Crippen LogP contribution is -2.70. The highest BCUT2D eigenvalue weighted by Gasteiger charge is 2.54. The van der Waals surface area contributed by atoms with Gasteiger partial charge in [-0.15, -0.1) is 22.0 Å². The van der Waals surface area contributed by atoms with Gasteiger partial charge in [0.15, 0.2) is 10.0 Å². The molecule has 0 bridgehead atoms. The molecular weight excluding hydrogens is 517 g/mol. The van der Waals surface area contributed by atoms with Gasteiger partial charge in [0.1, 0.15) is 28.7 Å². The molecule has 4 rings (SSSR count). The molecule has 0 spiro atoms. The van der Waals surface area contributed by atoms with Crippen molar-refractivity contribution >= 4 is 52.6 Å². The molecule has 4 heterocycles. The van der Waals surface area contributed by atoms with Crippen molar-refractivity contribution in [3.05, 3.63) is 33.7 Å². The van der Waals surface area contributed by atoms with Gasteiger partial charge in [-0.2, -0.15) is 18.3 Å². The highest BCUT2D eigenvalue weighted by atomic mass is 32.2. The molecule has 1 fully saturated rings. The number of amides is 2. The fourth-order valence-corrected chi connectivity index (χ4v) is 6.74. The highest BCUT2D eigenvalue weighted by molar-refractivity contribution is 8.01. The Morgan fingerprint density at radius 1 is 1.32 bits per heavy atom. The normalized spacial score (nSPS) is 20.3. The monoisotopic (exact) mass is 534 g/mol. The van der Waals surface area contributed by atoms with Crippen LogP contribution >= 0.6 is 34.9 Å². The van der Waals surface area contributed by atoms with Crippen molar-refractivity contribution in [2.24, 2.45) is 0 Å². The number of aryl methyl sites for hydroxylation is 2. The molecule has 1 saturated heterocycles. The predicted molar refractivity (Wildman–Crippen MR) is 117 cm³/mol. The van der Waals surface area contributed by atoms with Crippen LogP contribution in [0, 0.1) is 13.8 Å². The minimum atomic E-state index is -4.64. The maximum Gasteiger partial charge on any atom is 0.435 e. The molecule has 0 aliphatic carbocycles. The summed E-state index contributed by atoms with van der Waals surface area (Å²) < 4.78 is 40.1. The Kier molecular flexibility index (Phi) is 6.65. The van der Waals surface area contributed by atoms with Crippen molar-refractivity contribution in [3.63, 3.8) is 0 Å². The second-order valence-electron chi connectivity index (χ2n) is 7.41. The van der Waals surface area contributed by atoms with E-state index in [0.29, 0.717) is 21.4 Å². The van der Waals surface area contributed by atoms with Crippen LogP contribution in [0.15, 0.2) is 21.7 Å². The second-order valence-corrected chi connectivity index (χ2v) is 10.9. The number of hydrogen-bond donors (Lipinski definition) is 2. The average Bonchev–Trinajstić information content (AvgIpc) is 3.34. The van der Waals surface area contributed by atoms with E-state index < -0.39 is 47.6 Å². The number of nitrogens with one attached hydrogen (secondary N) is 1. The molecule has 2 aromatic heterocycles. The highest BCUT2D eigenvalue weighted by Crippen LogP contribution is 2.41. The number of nitrogens with zero attached hydrogens (tertiary/aromatic N) is 5. The summed E-state index contributed by atoms with van der Waals surface area (Å²) in [7, 11) is 0. The van der Waals surface area contributed by atoms with Crippen molar-refractivity contribution < 1.29 is 32.7 Å². The number of alkyl halides is 3. The van der Waals surface area contributed by atoms with Gasteiger partial charge in [-0.25, -0.2) is 4.79 Å². The fourth-order valence-electron chi connectivity index (χ4n) is 3.44. The largest absolute Gasteiger partial charge is 0.477 e. The van der Waals surface area contributed by atoms with Crippen molar-refractivity contribution in [2.45, 2.75) is 42.3 Å². The average molecular weight is 535 g/mol. The zero-order chi connectivity index (χ0) is 24.8. The van der Waals surface area contributed by atoms with E-state index in [9.17, 15) is 32.7 Å². The van der Waals surface area contributed by atoms with E-state index in [4.69, 9.17) is 0 Å². The van der Waals surface area contributed by atoms with Crippen LogP contribution in [0.4, 0.5) is 13.2 Å². The summed E-state index contributed by atoms with van der Waals surface area (Å²) in [4.78, 5) is 38.2. The number of carboxylic acid groups (broad SMARTS) is 1. The minimum absolute atomic E-state index is 0.120. The van der Waals surface area contributed by atoms with Gasteiger partial charge in [0, 0.05) is 17.2 Å². The lowest BCUT2D eigenvalue weighted by molar-refractivity contribution is -0.150. The predicted octanol–water partition coefficient (Wildman–Crippen LogP) is 1.90. The molecule has 34 heavy (non-hydrogen) atoms. The topological polar surface area (TPSA) is 130 Å². The molecule has 2 aliphatic heterocycles. The van der Waals surface area contributed by atoms with Gasteiger partial charge >= 0.3 is 12.1 Å². The molecule has 2 N–H and O–H groups in total. The zero-order valence-corrected chi connectivity index (χ0v) is 20.1. The van der Waals surface area contributed by atoms with Crippen LogP contribution in [0.25, 0.3) is 0 Å². The van der Waals surface area contributed by atoms with Crippen molar-refractivity contribution in [1.82, 2.24) is 30.2 Å². The van der Waals surface area contributed by atoms with Crippen LogP contribution in [-0.2, 0) is 27.1 Å². The first kappa shape index (κ1) is 24.5. The second kappa shape index (κ2) is 9.22. The number of carboxylic acids is 1. The molecule has 182 valence electrons. The molecule has 2 aliphatic rings. The Morgan fingerprint density at radius 2 is 2.06 bits per heavy atom. The van der Waals surface area contributed by atoms with Crippen LogP contribution in [0.1, 0.15) is 16.4 Å². The number of carbonyl (C=O) groups is 3. The number of aliphatic carboxylic acids is 1. The quantitative estimate of drug-likeness (QED) is 0.404. The number of carbonyl (C=O) groups excluding carboxylic acids is 2. The van der Waals surface area contributed by atoms with Gasteiger partial charge in [-0.1, -0.05) is 23.1 Å². The maximum atomic E-state index is 12.8. The number of aromatic nitrogens is 4. The lowest BCUT2D eigenvalue weighted by atomic mass is 10.0. The van der Waals surface area contributed by atoms with Gasteiger partial charge in [0.25, 0.3) is 5.91 Å². The summed E-state index contributed by atoms with van der Waals surface area (Å²) in [6, 6.07) is -0.155. The third-order valence-electron chi connectivity index (χ3n) is 5.01. The number of thioether (sulfide) groups is 2. The molecule has 2 amide bonds. The Morgan fingerprint density at radius 3 is 2.65 bits per heavy atom. The van der Waals surface area contributed by atoms with Crippen molar-refractivity contribution in [2.75, 3.05) is 11.5 Å². The van der Waals surface area contributed by atoms with Gasteiger partial charge in [0.05, 0.1) is 0 Å². The standard InChI is InChI=1S/C18H17F3N6O4S3/c1-7-3-10(18(19,20)21)25-26(7)4-11(28)22-12-14(29)27-13(16(30)31)9(5-32-15(12)27)6-33-17-24-23-8(2)34-17/h3,12,15H,4-6H2,1-2H3,(H,22,28)(H,30,31). The number of β-lactam (4-membered cyclic amide) rings is 1. The van der Waals surface area contributed by atoms with Gasteiger partial charge in [-0.05, 0) is 25.5 Å². The Bertz CT molecular complexity index is 1190. The Labute approximate surface area is 203 Å². The van der Waals surface area contributed by atoms with Crippen LogP contribution in [0.3, 0.4) is 0 Å². The first-order valence-corrected chi connectivity index (χ1v) is 12.5.